The first-order valence-electron chi connectivity index (χ1n) is 5.71. The van der Waals surface area contributed by atoms with Crippen LogP contribution in [0, 0.1) is 28.7 Å². The predicted molar refractivity (Wildman–Crippen MR) is 70.4 cm³/mol. The number of nitro groups is 1. The van der Waals surface area contributed by atoms with E-state index >= 15 is 0 Å². The first-order valence-corrected chi connectivity index (χ1v) is 6.59. The lowest BCUT2D eigenvalue weighted by atomic mass is 10.2. The highest BCUT2D eigenvalue weighted by molar-refractivity contribution is 7.09. The Morgan fingerprint density at radius 3 is 2.70 bits per heavy atom. The second kappa shape index (κ2) is 6.02. The highest BCUT2D eigenvalue weighted by Gasteiger charge is 2.18. The molecule has 0 aliphatic rings. The Kier molecular flexibility index (Phi) is 4.35. The highest BCUT2D eigenvalue weighted by atomic mass is 32.1. The fourth-order valence-corrected chi connectivity index (χ4v) is 2.39. The number of nitrogens with one attached hydrogen (secondary N) is 1. The smallest absolute Gasteiger partial charge is 0.305 e. The second-order valence-corrected chi connectivity index (χ2v) is 5.08. The van der Waals surface area contributed by atoms with Crippen LogP contribution in [0.3, 0.4) is 0 Å². The van der Waals surface area contributed by atoms with E-state index in [0.717, 1.165) is 16.8 Å². The molecule has 1 N–H and O–H groups in total. The first kappa shape index (κ1) is 14.5. The SMILES string of the molecule is Cc1csc(CNCc2cc([N+](=O)[O-])c(F)cc2F)n1. The molecule has 0 aliphatic heterocycles. The zero-order chi connectivity index (χ0) is 14.7. The van der Waals surface area contributed by atoms with Crippen molar-refractivity contribution in [2.24, 2.45) is 0 Å². The molecule has 0 saturated heterocycles. The minimum absolute atomic E-state index is 0.0476. The van der Waals surface area contributed by atoms with Gasteiger partial charge in [0.15, 0.2) is 0 Å². The van der Waals surface area contributed by atoms with Gasteiger partial charge in [-0.1, -0.05) is 0 Å². The van der Waals surface area contributed by atoms with E-state index in [1.165, 1.54) is 11.3 Å². The number of aryl methyl sites for hydroxylation is 1. The van der Waals surface area contributed by atoms with Gasteiger partial charge < -0.3 is 5.32 Å². The summed E-state index contributed by atoms with van der Waals surface area (Å²) < 4.78 is 26.7. The molecule has 2 aromatic rings. The van der Waals surface area contributed by atoms with Crippen LogP contribution in [0.5, 0.6) is 0 Å². The van der Waals surface area contributed by atoms with E-state index in [9.17, 15) is 18.9 Å². The van der Waals surface area contributed by atoms with Crippen molar-refractivity contribution in [3.8, 4) is 0 Å². The van der Waals surface area contributed by atoms with Crippen molar-refractivity contribution < 1.29 is 13.7 Å². The van der Waals surface area contributed by atoms with Crippen molar-refractivity contribution >= 4 is 17.0 Å². The van der Waals surface area contributed by atoms with Gasteiger partial charge in [-0.15, -0.1) is 11.3 Å². The van der Waals surface area contributed by atoms with Crippen molar-refractivity contribution in [2.45, 2.75) is 20.0 Å². The van der Waals surface area contributed by atoms with E-state index in [0.29, 0.717) is 12.6 Å². The molecule has 1 aromatic carbocycles. The zero-order valence-corrected chi connectivity index (χ0v) is 11.3. The van der Waals surface area contributed by atoms with Crippen molar-refractivity contribution in [1.82, 2.24) is 10.3 Å². The van der Waals surface area contributed by atoms with Gasteiger partial charge in [0, 0.05) is 41.9 Å². The van der Waals surface area contributed by atoms with Gasteiger partial charge in [0.25, 0.3) is 0 Å². The molecular weight excluding hydrogens is 288 g/mol. The monoisotopic (exact) mass is 299 g/mol. The molecule has 1 heterocycles. The minimum Gasteiger partial charge on any atom is -0.306 e. The molecule has 0 radical (unpaired) electrons. The van der Waals surface area contributed by atoms with Gasteiger partial charge in [0.2, 0.25) is 5.82 Å². The van der Waals surface area contributed by atoms with Gasteiger partial charge in [0.1, 0.15) is 10.8 Å². The lowest BCUT2D eigenvalue weighted by Crippen LogP contribution is -2.14. The zero-order valence-electron chi connectivity index (χ0n) is 10.5. The normalized spacial score (nSPS) is 10.8. The van der Waals surface area contributed by atoms with Crippen LogP contribution in [0.25, 0.3) is 0 Å². The summed E-state index contributed by atoms with van der Waals surface area (Å²) >= 11 is 1.46. The van der Waals surface area contributed by atoms with E-state index in [-0.39, 0.29) is 12.1 Å². The fraction of sp³-hybridized carbons (Fsp3) is 0.250. The van der Waals surface area contributed by atoms with Crippen LogP contribution in [0.1, 0.15) is 16.3 Å². The number of halogens is 2. The summed E-state index contributed by atoms with van der Waals surface area (Å²) in [5.74, 6) is -1.98. The fourth-order valence-electron chi connectivity index (χ4n) is 1.64. The van der Waals surface area contributed by atoms with Crippen molar-refractivity contribution in [2.75, 3.05) is 0 Å². The topological polar surface area (TPSA) is 68.1 Å². The molecule has 8 heteroatoms. The largest absolute Gasteiger partial charge is 0.306 e. The molecule has 1 aromatic heterocycles. The molecular formula is C12H11F2N3O2S. The summed E-state index contributed by atoms with van der Waals surface area (Å²) in [6.07, 6.45) is 0. The van der Waals surface area contributed by atoms with Crippen molar-refractivity contribution in [3.05, 3.63) is 55.5 Å². The maximum atomic E-state index is 13.5. The number of benzene rings is 1. The number of hydrogen-bond acceptors (Lipinski definition) is 5. The van der Waals surface area contributed by atoms with Crippen molar-refractivity contribution in [1.29, 1.82) is 0 Å². The maximum Gasteiger partial charge on any atom is 0.305 e. The molecule has 0 saturated carbocycles. The van der Waals surface area contributed by atoms with Gasteiger partial charge in [0.05, 0.1) is 4.92 Å². The first-order chi connectivity index (χ1) is 9.47. The minimum atomic E-state index is -1.17. The van der Waals surface area contributed by atoms with E-state index in [4.69, 9.17) is 0 Å². The van der Waals surface area contributed by atoms with Crippen LogP contribution in [0.15, 0.2) is 17.5 Å². The van der Waals surface area contributed by atoms with E-state index in [1.54, 1.807) is 0 Å². The van der Waals surface area contributed by atoms with E-state index in [2.05, 4.69) is 10.3 Å². The van der Waals surface area contributed by atoms with Gasteiger partial charge >= 0.3 is 5.69 Å². The van der Waals surface area contributed by atoms with Crippen LogP contribution < -0.4 is 5.32 Å². The number of rotatable bonds is 5. The summed E-state index contributed by atoms with van der Waals surface area (Å²) in [6.45, 7) is 2.34. The Morgan fingerprint density at radius 2 is 2.10 bits per heavy atom. The van der Waals surface area contributed by atoms with Crippen LogP contribution in [0.2, 0.25) is 0 Å². The molecule has 0 atom stereocenters. The lowest BCUT2D eigenvalue weighted by molar-refractivity contribution is -0.387. The summed E-state index contributed by atoms with van der Waals surface area (Å²) in [6, 6.07) is 1.44. The number of thiazole rings is 1. The molecule has 0 fully saturated rings. The highest BCUT2D eigenvalue weighted by Crippen LogP contribution is 2.21. The third-order valence-corrected chi connectivity index (χ3v) is 3.54. The molecule has 0 bridgehead atoms. The number of hydrogen-bond donors (Lipinski definition) is 1. The Labute approximate surface area is 117 Å². The number of aromatic nitrogens is 1. The van der Waals surface area contributed by atoms with Gasteiger partial charge in [-0.25, -0.2) is 9.37 Å². The Balaban J connectivity index is 2.05. The molecule has 106 valence electrons. The van der Waals surface area contributed by atoms with E-state index < -0.39 is 22.2 Å². The second-order valence-electron chi connectivity index (χ2n) is 4.14. The summed E-state index contributed by atoms with van der Waals surface area (Å²) in [4.78, 5) is 13.9. The van der Waals surface area contributed by atoms with E-state index in [1.807, 2.05) is 12.3 Å². The summed E-state index contributed by atoms with van der Waals surface area (Å²) in [7, 11) is 0. The van der Waals surface area contributed by atoms with Crippen molar-refractivity contribution in [3.63, 3.8) is 0 Å². The summed E-state index contributed by atoms with van der Waals surface area (Å²) in [5, 5.41) is 16.2. The van der Waals surface area contributed by atoms with Gasteiger partial charge in [-0.05, 0) is 6.92 Å². The molecule has 0 unspecified atom stereocenters. The molecule has 20 heavy (non-hydrogen) atoms. The van der Waals surface area contributed by atoms with Crippen LogP contribution in [-0.2, 0) is 13.1 Å². The average Bonchev–Trinajstić information content (AvgIpc) is 2.77. The Bertz CT molecular complexity index is 646. The quantitative estimate of drug-likeness (QED) is 0.681. The van der Waals surface area contributed by atoms with Gasteiger partial charge in [-0.3, -0.25) is 10.1 Å². The molecule has 0 spiro atoms. The molecule has 2 rings (SSSR count). The maximum absolute atomic E-state index is 13.5. The standard InChI is InChI=1S/C12H11F2N3O2S/c1-7-6-20-12(16-7)5-15-4-8-2-11(17(18)19)10(14)3-9(8)13/h2-3,6,15H,4-5H2,1H3. The lowest BCUT2D eigenvalue weighted by Gasteiger charge is -2.05. The number of nitrogens with zero attached hydrogens (tertiary/aromatic N) is 2. The van der Waals surface area contributed by atoms with Crippen LogP contribution in [-0.4, -0.2) is 9.91 Å². The molecule has 0 aliphatic carbocycles. The third-order valence-electron chi connectivity index (χ3n) is 2.57. The summed E-state index contributed by atoms with van der Waals surface area (Å²) in [5.41, 5.74) is 0.218. The number of nitro benzene ring substituents is 1. The van der Waals surface area contributed by atoms with Crippen LogP contribution >= 0.6 is 11.3 Å². The Morgan fingerprint density at radius 1 is 1.35 bits per heavy atom. The molecule has 5 nitrogen and oxygen atoms in total. The average molecular weight is 299 g/mol. The molecule has 0 amide bonds. The van der Waals surface area contributed by atoms with Gasteiger partial charge in [-0.2, -0.15) is 4.39 Å². The predicted octanol–water partition coefficient (Wildman–Crippen LogP) is 2.93. The third kappa shape index (κ3) is 3.34. The Hall–Kier alpha value is -1.93. The van der Waals surface area contributed by atoms with Crippen LogP contribution in [0.4, 0.5) is 14.5 Å².